The molecule has 1 aliphatic heterocycles. The molecule has 0 aromatic carbocycles. The van der Waals surface area contributed by atoms with Crippen LogP contribution in [0.4, 0.5) is 0 Å². The molecule has 1 saturated carbocycles. The van der Waals surface area contributed by atoms with Gasteiger partial charge < -0.3 is 9.15 Å². The fraction of sp³-hybridized carbons (Fsp3) is 0.525. The predicted octanol–water partition coefficient (Wildman–Crippen LogP) is 7.84. The maximum Gasteiger partial charge on any atom is 0.141 e. The number of hydrogen-bond donors (Lipinski definition) is 0. The van der Waals surface area contributed by atoms with Crippen LogP contribution in [0, 0.1) is 46.3 Å². The molecule has 7 aliphatic carbocycles. The number of furan rings is 1. The van der Waals surface area contributed by atoms with Gasteiger partial charge in [0.15, 0.2) is 0 Å². The average Bonchev–Trinajstić information content (AvgIpc) is 3.67. The fourth-order valence-corrected chi connectivity index (χ4v) is 10.3. The molecule has 1 aromatic heterocycles. The number of ether oxygens (including phenoxy) is 1. The molecule has 0 N–H and O–H groups in total. The van der Waals surface area contributed by atoms with Crippen molar-refractivity contribution in [1.82, 2.24) is 0 Å². The number of rotatable bonds is 2. The Morgan fingerprint density at radius 2 is 1.84 bits per heavy atom. The molecule has 43 heavy (non-hydrogen) atoms. The predicted molar refractivity (Wildman–Crippen MR) is 170 cm³/mol. The molecule has 3 nitrogen and oxygen atoms in total. The van der Waals surface area contributed by atoms with Crippen molar-refractivity contribution in [2.24, 2.45) is 35.0 Å². The highest BCUT2D eigenvalue weighted by molar-refractivity contribution is 5.75. The normalized spacial score (nSPS) is 35.0. The number of aryl methyl sites for hydroxylation is 1. The topological polar surface area (TPSA) is 46.2 Å². The van der Waals surface area contributed by atoms with E-state index in [0.29, 0.717) is 23.7 Å². The van der Waals surface area contributed by atoms with E-state index in [1.807, 2.05) is 0 Å². The van der Waals surface area contributed by atoms with E-state index in [4.69, 9.17) is 9.15 Å². The van der Waals surface area contributed by atoms with Crippen molar-refractivity contribution < 1.29 is 9.15 Å². The summed E-state index contributed by atoms with van der Waals surface area (Å²) in [5, 5.41) is 10.8. The van der Waals surface area contributed by atoms with Crippen molar-refractivity contribution in [3.8, 4) is 6.07 Å². The van der Waals surface area contributed by atoms with Crippen molar-refractivity contribution in [3.05, 3.63) is 92.0 Å². The number of fused-ring (bicyclic) bond motifs is 8. The highest BCUT2D eigenvalue weighted by Gasteiger charge is 2.53. The Morgan fingerprint density at radius 3 is 2.70 bits per heavy atom. The summed E-state index contributed by atoms with van der Waals surface area (Å²) >= 11 is 0. The van der Waals surface area contributed by atoms with Crippen molar-refractivity contribution in [2.45, 2.75) is 97.0 Å². The van der Waals surface area contributed by atoms with Gasteiger partial charge >= 0.3 is 0 Å². The van der Waals surface area contributed by atoms with E-state index in [-0.39, 0.29) is 17.4 Å². The van der Waals surface area contributed by atoms with Gasteiger partial charge in [0.25, 0.3) is 0 Å². The lowest BCUT2D eigenvalue weighted by atomic mass is 9.68. The summed E-state index contributed by atoms with van der Waals surface area (Å²) in [5.41, 5.74) is 11.9. The highest BCUT2D eigenvalue weighted by Crippen LogP contribution is 2.62. The van der Waals surface area contributed by atoms with Crippen LogP contribution in [0.3, 0.4) is 0 Å². The van der Waals surface area contributed by atoms with E-state index in [0.717, 1.165) is 62.5 Å². The van der Waals surface area contributed by atoms with Gasteiger partial charge in [0.2, 0.25) is 0 Å². The van der Waals surface area contributed by atoms with E-state index in [1.165, 1.54) is 64.5 Å². The maximum absolute atomic E-state index is 9.39. The zero-order chi connectivity index (χ0) is 28.9. The van der Waals surface area contributed by atoms with Crippen molar-refractivity contribution in [2.75, 3.05) is 0 Å². The Morgan fingerprint density at radius 1 is 0.953 bits per heavy atom. The van der Waals surface area contributed by atoms with E-state index in [1.54, 1.807) is 11.1 Å². The maximum atomic E-state index is 9.39. The van der Waals surface area contributed by atoms with Crippen LogP contribution < -0.4 is 10.6 Å². The van der Waals surface area contributed by atoms with Gasteiger partial charge in [-0.2, -0.15) is 5.26 Å². The summed E-state index contributed by atoms with van der Waals surface area (Å²) < 4.78 is 13.7. The molecular formula is C40H43NO2. The van der Waals surface area contributed by atoms with E-state index >= 15 is 0 Å². The van der Waals surface area contributed by atoms with Gasteiger partial charge in [-0.3, -0.25) is 0 Å². The summed E-state index contributed by atoms with van der Waals surface area (Å²) in [5.74, 6) is 4.63. The largest absolute Gasteiger partial charge is 0.485 e. The minimum Gasteiger partial charge on any atom is -0.485 e. The van der Waals surface area contributed by atoms with Crippen molar-refractivity contribution in [1.29, 1.82) is 5.26 Å². The molecule has 6 atom stereocenters. The second kappa shape index (κ2) is 9.62. The van der Waals surface area contributed by atoms with Crippen molar-refractivity contribution >= 4 is 11.6 Å². The molecule has 6 unspecified atom stereocenters. The number of allylic oxidation sites excluding steroid dienone is 9. The van der Waals surface area contributed by atoms with E-state index in [2.05, 4.69) is 62.4 Å². The zero-order valence-corrected chi connectivity index (χ0v) is 25.8. The van der Waals surface area contributed by atoms with Crippen LogP contribution in [-0.4, -0.2) is 6.10 Å². The molecule has 0 saturated heterocycles. The monoisotopic (exact) mass is 569 g/mol. The first kappa shape index (κ1) is 26.2. The third-order valence-corrected chi connectivity index (χ3v) is 12.6. The molecule has 0 radical (unpaired) electrons. The van der Waals surface area contributed by atoms with Crippen LogP contribution in [-0.2, 0) is 17.6 Å². The SMILES string of the molecule is CC1(C)C2CC(C3=c4oc5c(c4=CC4C6=C(C=CCC6)OC34)CCCC5)=CC=C2C2CCC(C3=CCC(C#N)CC3)=CC21. The second-order valence-electron chi connectivity index (χ2n) is 15.1. The van der Waals surface area contributed by atoms with Crippen LogP contribution in [0.2, 0.25) is 0 Å². The first-order valence-electron chi connectivity index (χ1n) is 17.1. The van der Waals surface area contributed by atoms with E-state index in [9.17, 15) is 5.26 Å². The average molecular weight is 570 g/mol. The standard InChI is InChI=1S/C40H43NO2/c1-40(2)33-19-25(24-13-11-23(22-41)12-14-24)15-17-27(33)28-18-16-26(20-34(28)40)37-38-31(29-7-3-5-9-35(29)42-38)21-32-30-8-4-6-10-36(30)43-39(32)37/h5,9,13,16,18-19,21,23,27,31,33-34,38H,3-4,6-8,10-12,14-15,17,20H2,1-2H3. The van der Waals surface area contributed by atoms with Crippen LogP contribution in [0.25, 0.3) is 11.6 Å². The smallest absolute Gasteiger partial charge is 0.141 e. The molecule has 0 spiro atoms. The summed E-state index contributed by atoms with van der Waals surface area (Å²) in [7, 11) is 0. The van der Waals surface area contributed by atoms with Crippen LogP contribution in [0.15, 0.2) is 74.5 Å². The zero-order valence-electron chi connectivity index (χ0n) is 25.8. The van der Waals surface area contributed by atoms with Gasteiger partial charge in [0.1, 0.15) is 23.0 Å². The lowest BCUT2D eigenvalue weighted by Gasteiger charge is -2.36. The molecule has 2 heterocycles. The fourth-order valence-electron chi connectivity index (χ4n) is 10.3. The van der Waals surface area contributed by atoms with Gasteiger partial charge in [-0.1, -0.05) is 55.9 Å². The molecule has 3 heteroatoms. The Balaban J connectivity index is 1.10. The third-order valence-electron chi connectivity index (χ3n) is 12.6. The lowest BCUT2D eigenvalue weighted by Crippen LogP contribution is -2.39. The van der Waals surface area contributed by atoms with Gasteiger partial charge in [0, 0.05) is 28.7 Å². The first-order chi connectivity index (χ1) is 21.0. The number of nitrogens with zero attached hydrogens (tertiary/aromatic N) is 1. The van der Waals surface area contributed by atoms with Crippen LogP contribution in [0.5, 0.6) is 0 Å². The summed E-state index contributed by atoms with van der Waals surface area (Å²) in [6.45, 7) is 5.07. The van der Waals surface area contributed by atoms with Gasteiger partial charge in [0.05, 0.1) is 12.0 Å². The van der Waals surface area contributed by atoms with Crippen molar-refractivity contribution in [3.63, 3.8) is 0 Å². The third kappa shape index (κ3) is 3.84. The molecule has 0 amide bonds. The molecule has 8 aliphatic rings. The lowest BCUT2D eigenvalue weighted by molar-refractivity contribution is 0.179. The molecule has 1 fully saturated rings. The first-order valence-corrected chi connectivity index (χ1v) is 17.1. The Labute approximate surface area is 255 Å². The quantitative estimate of drug-likeness (QED) is 0.365. The van der Waals surface area contributed by atoms with Gasteiger partial charge in [-0.05, 0) is 122 Å². The van der Waals surface area contributed by atoms with Crippen LogP contribution in [0.1, 0.15) is 89.4 Å². The minimum atomic E-state index is 0.0304. The van der Waals surface area contributed by atoms with Gasteiger partial charge in [-0.15, -0.1) is 0 Å². The summed E-state index contributed by atoms with van der Waals surface area (Å²) in [6, 6.07) is 2.49. The second-order valence-corrected chi connectivity index (χ2v) is 15.1. The Bertz CT molecular complexity index is 1770. The molecular weight excluding hydrogens is 526 g/mol. The molecule has 9 rings (SSSR count). The van der Waals surface area contributed by atoms with Gasteiger partial charge in [-0.25, -0.2) is 0 Å². The minimum absolute atomic E-state index is 0.0304. The summed E-state index contributed by atoms with van der Waals surface area (Å²) in [6.07, 6.45) is 30.6. The van der Waals surface area contributed by atoms with E-state index < -0.39 is 0 Å². The van der Waals surface area contributed by atoms with Crippen LogP contribution >= 0.6 is 0 Å². The number of nitriles is 1. The summed E-state index contributed by atoms with van der Waals surface area (Å²) in [4.78, 5) is 0. The molecule has 1 aromatic rings. The Kier molecular flexibility index (Phi) is 5.86. The number of hydrogen-bond acceptors (Lipinski definition) is 3. The Hall–Kier alpha value is -3.25. The highest BCUT2D eigenvalue weighted by atomic mass is 16.5. The molecule has 220 valence electrons. The molecule has 0 bridgehead atoms.